The Bertz CT molecular complexity index is 87.1. The predicted molar refractivity (Wildman–Crippen MR) is 127 cm³/mol. The van der Waals surface area contributed by atoms with Crippen LogP contribution in [0.2, 0.25) is 0 Å². The van der Waals surface area contributed by atoms with Crippen LogP contribution in [0.4, 0.5) is 0 Å². The molecule has 0 fully saturated rings. The van der Waals surface area contributed by atoms with Crippen molar-refractivity contribution in [1.29, 1.82) is 0 Å². The van der Waals surface area contributed by atoms with Crippen molar-refractivity contribution in [2.24, 2.45) is 17.8 Å². The number of hydrogen-bond acceptors (Lipinski definition) is 0. The molecule has 0 rings (SSSR count). The van der Waals surface area contributed by atoms with Gasteiger partial charge in [-0.05, 0) is 24.7 Å². The molecule has 0 bridgehead atoms. The molecule has 0 aromatic heterocycles. The first-order valence-electron chi connectivity index (χ1n) is 10.2. The molecule has 0 N–H and O–H groups in total. The maximum absolute atomic E-state index is 3.36. The smallest absolute Gasteiger partial charge is 0.0473 e. The summed E-state index contributed by atoms with van der Waals surface area (Å²) in [6, 6.07) is 0. The first kappa shape index (κ1) is 49.5. The van der Waals surface area contributed by atoms with E-state index in [2.05, 4.69) is 82.1 Å². The third kappa shape index (κ3) is 4110. The Labute approximate surface area is 161 Å². The molecule has 0 saturated heterocycles. The second-order valence-corrected chi connectivity index (χ2v) is 5.67. The fourth-order valence-corrected chi connectivity index (χ4v) is 0. The van der Waals surface area contributed by atoms with Gasteiger partial charge in [0.1, 0.15) is 0 Å². The molecule has 0 aliphatic heterocycles. The van der Waals surface area contributed by atoms with E-state index in [1.54, 1.807) is 6.08 Å². The predicted octanol–water partition coefficient (Wildman–Crippen LogP) is 10.5. The highest BCUT2D eigenvalue weighted by molar-refractivity contribution is 4.51. The molecule has 0 nitrogen and oxygen atoms in total. The Morgan fingerprint density at radius 3 is 0.667 bits per heavy atom. The van der Waals surface area contributed by atoms with E-state index in [1.165, 1.54) is 6.42 Å². The van der Waals surface area contributed by atoms with Crippen LogP contribution in [-0.2, 0) is 0 Å². The summed E-state index contributed by atoms with van der Waals surface area (Å²) in [6.45, 7) is 42.9. The zero-order valence-electron chi connectivity index (χ0n) is 21.1. The lowest BCUT2D eigenvalue weighted by Gasteiger charge is -1.90. The molecule has 0 aliphatic carbocycles. The minimum atomic E-state index is 0.833. The monoisotopic (exact) mass is 348 g/mol. The molecule has 0 unspecified atom stereocenters. The van der Waals surface area contributed by atoms with E-state index < -0.39 is 0 Å². The van der Waals surface area contributed by atoms with Gasteiger partial charge in [-0.2, -0.15) is 0 Å². The quantitative estimate of drug-likeness (QED) is 0.413. The van der Waals surface area contributed by atoms with Crippen molar-refractivity contribution in [2.75, 3.05) is 0 Å². The second kappa shape index (κ2) is 94.4. The number of allylic oxidation sites excluding steroid dienone is 1. The van der Waals surface area contributed by atoms with Crippen LogP contribution in [0.25, 0.3) is 0 Å². The number of hydrogen-bond donors (Lipinski definition) is 0. The molecule has 0 spiro atoms. The van der Waals surface area contributed by atoms with E-state index in [1.807, 2.05) is 48.5 Å². The van der Waals surface area contributed by atoms with E-state index in [0.717, 1.165) is 17.8 Å². The highest BCUT2D eigenvalue weighted by Crippen LogP contribution is 1.93. The van der Waals surface area contributed by atoms with Crippen LogP contribution in [0.15, 0.2) is 25.8 Å². The van der Waals surface area contributed by atoms with Gasteiger partial charge in [-0.3, -0.25) is 0 Å². The molecule has 156 valence electrons. The summed E-state index contributed by atoms with van der Waals surface area (Å²) in [6.07, 6.45) is 3.06. The standard InChI is InChI=1S/C5H12.2C4H10.C3H6.3C2H6.C2H4/c1-4-5(2)3;2*1-4(2)3;1-3-2;4*1-2/h5H,4H2,1-3H3;2*4H,1-3H3;3H,1H2,2H3;3*1-2H3;1-2H2. The zero-order chi connectivity index (χ0) is 22.1. The van der Waals surface area contributed by atoms with E-state index in [9.17, 15) is 0 Å². The minimum Gasteiger partial charge on any atom is -0.106 e. The summed E-state index contributed by atoms with van der Waals surface area (Å²) in [7, 11) is 0. The highest BCUT2D eigenvalue weighted by atomic mass is 13.9. The third-order valence-corrected chi connectivity index (χ3v) is 0.816. The van der Waals surface area contributed by atoms with Gasteiger partial charge in [-0.1, -0.05) is 116 Å². The zero-order valence-corrected chi connectivity index (χ0v) is 21.1. The number of rotatable bonds is 1. The Kier molecular flexibility index (Phi) is 195. The van der Waals surface area contributed by atoms with Crippen molar-refractivity contribution >= 4 is 0 Å². The van der Waals surface area contributed by atoms with E-state index in [-0.39, 0.29) is 0 Å². The van der Waals surface area contributed by atoms with E-state index in [4.69, 9.17) is 0 Å². The molecule has 0 heteroatoms. The molecule has 0 aromatic rings. The van der Waals surface area contributed by atoms with Crippen LogP contribution < -0.4 is 0 Å². The first-order valence-corrected chi connectivity index (χ1v) is 10.2. The molecule has 0 aliphatic rings. The highest BCUT2D eigenvalue weighted by Gasteiger charge is 1.80. The van der Waals surface area contributed by atoms with Crippen LogP contribution in [0, 0.1) is 17.8 Å². The molecule has 0 radical (unpaired) electrons. The minimum absolute atomic E-state index is 0.833. The maximum Gasteiger partial charge on any atom is -0.0473 e. The average molecular weight is 349 g/mol. The summed E-state index contributed by atoms with van der Waals surface area (Å²) in [5.41, 5.74) is 0. The topological polar surface area (TPSA) is 0 Å². The fourth-order valence-electron chi connectivity index (χ4n) is 0. The second-order valence-electron chi connectivity index (χ2n) is 5.67. The lowest BCUT2D eigenvalue weighted by Crippen LogP contribution is -1.77. The Morgan fingerprint density at radius 2 is 0.667 bits per heavy atom. The van der Waals surface area contributed by atoms with Crippen LogP contribution in [0.5, 0.6) is 0 Å². The molecule has 0 atom stereocenters. The molecular weight excluding hydrogens is 288 g/mol. The molecule has 0 amide bonds. The Morgan fingerprint density at radius 1 is 0.625 bits per heavy atom. The van der Waals surface area contributed by atoms with Crippen molar-refractivity contribution < 1.29 is 0 Å². The molecule has 0 heterocycles. The first-order chi connectivity index (χ1) is 11.1. The molecule has 0 aromatic carbocycles. The van der Waals surface area contributed by atoms with Gasteiger partial charge in [-0.25, -0.2) is 0 Å². The van der Waals surface area contributed by atoms with E-state index >= 15 is 0 Å². The van der Waals surface area contributed by atoms with E-state index in [0.29, 0.717) is 0 Å². The van der Waals surface area contributed by atoms with Crippen molar-refractivity contribution in [3.05, 3.63) is 25.8 Å². The van der Waals surface area contributed by atoms with Gasteiger partial charge in [0.05, 0.1) is 0 Å². The van der Waals surface area contributed by atoms with Gasteiger partial charge in [0, 0.05) is 0 Å². The molecular formula is C24H60. The Balaban J connectivity index is -0.0000000210. The summed E-state index contributed by atoms with van der Waals surface area (Å²) in [4.78, 5) is 0. The lowest BCUT2D eigenvalue weighted by molar-refractivity contribution is 0.626. The van der Waals surface area contributed by atoms with Crippen LogP contribution in [-0.4, -0.2) is 0 Å². The van der Waals surface area contributed by atoms with Crippen LogP contribution >= 0.6 is 0 Å². The van der Waals surface area contributed by atoms with Gasteiger partial charge in [-0.15, -0.1) is 19.7 Å². The summed E-state index contributed by atoms with van der Waals surface area (Å²) >= 11 is 0. The summed E-state index contributed by atoms with van der Waals surface area (Å²) in [5, 5.41) is 0. The lowest BCUT2D eigenvalue weighted by atomic mass is 10.2. The maximum atomic E-state index is 3.36. The van der Waals surface area contributed by atoms with Gasteiger partial charge < -0.3 is 0 Å². The van der Waals surface area contributed by atoms with Crippen molar-refractivity contribution in [1.82, 2.24) is 0 Å². The van der Waals surface area contributed by atoms with Crippen molar-refractivity contribution in [2.45, 2.75) is 117 Å². The van der Waals surface area contributed by atoms with Crippen molar-refractivity contribution in [3.63, 3.8) is 0 Å². The van der Waals surface area contributed by atoms with Crippen LogP contribution in [0.3, 0.4) is 0 Å². The van der Waals surface area contributed by atoms with Gasteiger partial charge in [0.15, 0.2) is 0 Å². The normalized spacial score (nSPS) is 6.46. The molecule has 0 saturated carbocycles. The Hall–Kier alpha value is -0.520. The van der Waals surface area contributed by atoms with Gasteiger partial charge in [0.25, 0.3) is 0 Å². The third-order valence-electron chi connectivity index (χ3n) is 0.816. The van der Waals surface area contributed by atoms with Crippen LogP contribution in [0.1, 0.15) is 117 Å². The van der Waals surface area contributed by atoms with Gasteiger partial charge in [0.2, 0.25) is 0 Å². The largest absolute Gasteiger partial charge is 0.106 e. The SMILES string of the molecule is C=C.C=CC.CC.CC.CC.CC(C)C.CC(C)C.CCC(C)C. The van der Waals surface area contributed by atoms with Gasteiger partial charge >= 0.3 is 0 Å². The van der Waals surface area contributed by atoms with Crippen molar-refractivity contribution in [3.8, 4) is 0 Å². The summed E-state index contributed by atoms with van der Waals surface area (Å²) < 4.78 is 0. The summed E-state index contributed by atoms with van der Waals surface area (Å²) in [5.74, 6) is 2.55. The fraction of sp³-hybridized carbons (Fsp3) is 0.833. The average Bonchev–Trinajstić information content (AvgIpc) is 2.55. The molecule has 24 heavy (non-hydrogen) atoms.